The molecule has 9 nitrogen and oxygen atoms in total. The average Bonchev–Trinajstić information content (AvgIpc) is 2.62. The SMILES string of the molecule is C[C@H]1NC(=O)c2cccc([N+](=O)[O-])c2O[C@@H]1CN(C)C(=O)OC(C)(C)C. The van der Waals surface area contributed by atoms with Crippen molar-refractivity contribution in [1.82, 2.24) is 10.2 Å². The summed E-state index contributed by atoms with van der Waals surface area (Å²) in [6.45, 7) is 7.06. The molecule has 0 aromatic heterocycles. The molecule has 0 aliphatic carbocycles. The van der Waals surface area contributed by atoms with Gasteiger partial charge in [-0.25, -0.2) is 4.79 Å². The van der Waals surface area contributed by atoms with Gasteiger partial charge in [-0.15, -0.1) is 0 Å². The molecule has 1 N–H and O–H groups in total. The molecule has 1 aromatic rings. The number of fused-ring (bicyclic) bond motifs is 1. The number of carbonyl (C=O) groups excluding carboxylic acids is 2. The molecule has 142 valence electrons. The van der Waals surface area contributed by atoms with E-state index < -0.39 is 34.7 Å². The van der Waals surface area contributed by atoms with Gasteiger partial charge in [-0.2, -0.15) is 0 Å². The Labute approximate surface area is 151 Å². The summed E-state index contributed by atoms with van der Waals surface area (Å²) in [7, 11) is 1.54. The molecule has 26 heavy (non-hydrogen) atoms. The van der Waals surface area contributed by atoms with Crippen LogP contribution in [0.3, 0.4) is 0 Å². The number of nitrogens with zero attached hydrogens (tertiary/aromatic N) is 2. The number of nitro benzene ring substituents is 1. The second-order valence-electron chi connectivity index (χ2n) is 7.19. The molecule has 0 radical (unpaired) electrons. The molecule has 1 heterocycles. The van der Waals surface area contributed by atoms with Crippen molar-refractivity contribution in [3.05, 3.63) is 33.9 Å². The van der Waals surface area contributed by atoms with Crippen molar-refractivity contribution in [2.24, 2.45) is 0 Å². The molecule has 1 aromatic carbocycles. The highest BCUT2D eigenvalue weighted by Gasteiger charge is 2.34. The van der Waals surface area contributed by atoms with Crippen LogP contribution >= 0.6 is 0 Å². The maximum Gasteiger partial charge on any atom is 0.410 e. The number of carbonyl (C=O) groups is 2. The number of hydrogen-bond donors (Lipinski definition) is 1. The van der Waals surface area contributed by atoms with Crippen LogP contribution < -0.4 is 10.1 Å². The summed E-state index contributed by atoms with van der Waals surface area (Å²) < 4.78 is 11.1. The lowest BCUT2D eigenvalue weighted by Crippen LogP contribution is -2.48. The molecule has 0 bridgehead atoms. The number of nitrogens with one attached hydrogen (secondary N) is 1. The minimum Gasteiger partial charge on any atom is -0.479 e. The number of benzene rings is 1. The largest absolute Gasteiger partial charge is 0.479 e. The predicted molar refractivity (Wildman–Crippen MR) is 93.3 cm³/mol. The van der Waals surface area contributed by atoms with Gasteiger partial charge < -0.3 is 19.7 Å². The number of rotatable bonds is 3. The molecule has 9 heteroatoms. The van der Waals surface area contributed by atoms with Gasteiger partial charge in [0.1, 0.15) is 11.7 Å². The highest BCUT2D eigenvalue weighted by atomic mass is 16.6. The van der Waals surface area contributed by atoms with Gasteiger partial charge in [0.15, 0.2) is 0 Å². The number of ether oxygens (including phenoxy) is 2. The van der Waals surface area contributed by atoms with Crippen LogP contribution in [0.2, 0.25) is 0 Å². The molecule has 2 rings (SSSR count). The van der Waals surface area contributed by atoms with E-state index >= 15 is 0 Å². The van der Waals surface area contributed by atoms with Gasteiger partial charge in [-0.05, 0) is 33.8 Å². The van der Waals surface area contributed by atoms with E-state index in [2.05, 4.69) is 5.32 Å². The van der Waals surface area contributed by atoms with Gasteiger partial charge in [-0.3, -0.25) is 14.9 Å². The number of hydrogen-bond acceptors (Lipinski definition) is 6. The van der Waals surface area contributed by atoms with E-state index in [1.54, 1.807) is 27.7 Å². The van der Waals surface area contributed by atoms with Crippen LogP contribution in [0, 0.1) is 10.1 Å². The summed E-state index contributed by atoms with van der Waals surface area (Å²) in [5.74, 6) is -0.555. The lowest BCUT2D eigenvalue weighted by molar-refractivity contribution is -0.386. The summed E-state index contributed by atoms with van der Waals surface area (Å²) in [5, 5.41) is 14.0. The van der Waals surface area contributed by atoms with Crippen LogP contribution in [0.1, 0.15) is 38.1 Å². The Bertz CT molecular complexity index is 728. The molecule has 0 saturated heterocycles. The summed E-state index contributed by atoms with van der Waals surface area (Å²) in [5.41, 5.74) is -0.855. The first kappa shape index (κ1) is 19.5. The van der Waals surface area contributed by atoms with Crippen molar-refractivity contribution in [3.63, 3.8) is 0 Å². The quantitative estimate of drug-likeness (QED) is 0.650. The fourth-order valence-corrected chi connectivity index (χ4v) is 2.48. The van der Waals surface area contributed by atoms with Gasteiger partial charge >= 0.3 is 11.8 Å². The Balaban J connectivity index is 2.27. The lowest BCUT2D eigenvalue weighted by atomic mass is 10.1. The minimum absolute atomic E-state index is 0.0852. The Morgan fingerprint density at radius 2 is 2.08 bits per heavy atom. The molecule has 0 fully saturated rings. The third-order valence-corrected chi connectivity index (χ3v) is 3.78. The van der Waals surface area contributed by atoms with Crippen molar-refractivity contribution in [3.8, 4) is 5.75 Å². The van der Waals surface area contributed by atoms with E-state index in [-0.39, 0.29) is 23.5 Å². The zero-order chi connectivity index (χ0) is 19.6. The van der Waals surface area contributed by atoms with Crippen LogP contribution in [0.25, 0.3) is 0 Å². The Hall–Kier alpha value is -2.84. The highest BCUT2D eigenvalue weighted by Crippen LogP contribution is 2.34. The average molecular weight is 365 g/mol. The Kier molecular flexibility index (Phi) is 5.38. The first-order valence-corrected chi connectivity index (χ1v) is 8.18. The van der Waals surface area contributed by atoms with E-state index in [1.165, 1.54) is 30.1 Å². The summed E-state index contributed by atoms with van der Waals surface area (Å²) in [6, 6.07) is 3.69. The van der Waals surface area contributed by atoms with Crippen LogP contribution in [0.15, 0.2) is 18.2 Å². The van der Waals surface area contributed by atoms with Crippen LogP contribution in [-0.2, 0) is 4.74 Å². The molecule has 0 spiro atoms. The highest BCUT2D eigenvalue weighted by molar-refractivity contribution is 5.98. The smallest absolute Gasteiger partial charge is 0.410 e. The Morgan fingerprint density at radius 1 is 1.42 bits per heavy atom. The van der Waals surface area contributed by atoms with Crippen molar-refractivity contribution in [2.75, 3.05) is 13.6 Å². The summed E-state index contributed by atoms with van der Waals surface area (Å²) in [4.78, 5) is 36.5. The van der Waals surface area contributed by atoms with E-state index in [1.807, 2.05) is 0 Å². The third-order valence-electron chi connectivity index (χ3n) is 3.78. The first-order valence-electron chi connectivity index (χ1n) is 8.18. The van der Waals surface area contributed by atoms with Crippen molar-refractivity contribution >= 4 is 17.7 Å². The number of likely N-dealkylation sites (N-methyl/N-ethyl adjacent to an activating group) is 1. The fraction of sp³-hybridized carbons (Fsp3) is 0.529. The summed E-state index contributed by atoms with van der Waals surface area (Å²) in [6.07, 6.45) is -1.23. The molecule has 2 amide bonds. The molecule has 1 aliphatic heterocycles. The molecular weight excluding hydrogens is 342 g/mol. The molecular formula is C17H23N3O6. The number of amides is 2. The topological polar surface area (TPSA) is 111 Å². The first-order chi connectivity index (χ1) is 12.0. The van der Waals surface area contributed by atoms with Gasteiger partial charge in [0.2, 0.25) is 5.75 Å². The zero-order valence-corrected chi connectivity index (χ0v) is 15.4. The van der Waals surface area contributed by atoms with Gasteiger partial charge in [0.05, 0.1) is 23.1 Å². The van der Waals surface area contributed by atoms with Gasteiger partial charge in [-0.1, -0.05) is 6.07 Å². The van der Waals surface area contributed by atoms with E-state index in [9.17, 15) is 19.7 Å². The predicted octanol–water partition coefficient (Wildman–Crippen LogP) is 2.34. The normalized spacial score (nSPS) is 19.5. The minimum atomic E-state index is -0.682. The molecule has 0 saturated carbocycles. The second kappa shape index (κ2) is 7.19. The maximum absolute atomic E-state index is 12.3. The van der Waals surface area contributed by atoms with Gasteiger partial charge in [0, 0.05) is 13.1 Å². The summed E-state index contributed by atoms with van der Waals surface area (Å²) >= 11 is 0. The molecule has 1 aliphatic rings. The van der Waals surface area contributed by atoms with Crippen molar-refractivity contribution < 1.29 is 24.0 Å². The van der Waals surface area contributed by atoms with E-state index in [0.717, 1.165) is 0 Å². The molecule has 2 atom stereocenters. The van der Waals surface area contributed by atoms with E-state index in [0.29, 0.717) is 0 Å². The fourth-order valence-electron chi connectivity index (χ4n) is 2.48. The third kappa shape index (κ3) is 4.41. The van der Waals surface area contributed by atoms with Crippen LogP contribution in [0.4, 0.5) is 10.5 Å². The zero-order valence-electron chi connectivity index (χ0n) is 15.4. The van der Waals surface area contributed by atoms with Gasteiger partial charge in [0.25, 0.3) is 5.91 Å². The number of para-hydroxylation sites is 1. The maximum atomic E-state index is 12.3. The molecule has 0 unspecified atom stereocenters. The van der Waals surface area contributed by atoms with Crippen LogP contribution in [0.5, 0.6) is 5.75 Å². The standard InChI is InChI=1S/C17H23N3O6/c1-10-13(9-19(5)16(22)26-17(2,3)4)25-14-11(15(21)18-10)7-6-8-12(14)20(23)24/h6-8,10,13H,9H2,1-5H3,(H,18,21)/t10-,13-/m1/s1. The van der Waals surface area contributed by atoms with Crippen molar-refractivity contribution in [2.45, 2.75) is 45.4 Å². The number of nitro groups is 1. The van der Waals surface area contributed by atoms with Crippen LogP contribution in [-0.4, -0.2) is 53.2 Å². The lowest BCUT2D eigenvalue weighted by Gasteiger charge is -2.29. The monoisotopic (exact) mass is 365 g/mol. The van der Waals surface area contributed by atoms with E-state index in [4.69, 9.17) is 9.47 Å². The Morgan fingerprint density at radius 3 is 2.65 bits per heavy atom. The second-order valence-corrected chi connectivity index (χ2v) is 7.19. The van der Waals surface area contributed by atoms with Crippen molar-refractivity contribution in [1.29, 1.82) is 0 Å².